The van der Waals surface area contributed by atoms with E-state index in [1.54, 1.807) is 14.2 Å². The van der Waals surface area contributed by atoms with Gasteiger partial charge in [-0.05, 0) is 50.4 Å². The van der Waals surface area contributed by atoms with Crippen molar-refractivity contribution < 1.29 is 14.3 Å². The van der Waals surface area contributed by atoms with Gasteiger partial charge >= 0.3 is 0 Å². The molecule has 0 spiro atoms. The topological polar surface area (TPSA) is 73.6 Å². The Kier molecular flexibility index (Phi) is 4.18. The summed E-state index contributed by atoms with van der Waals surface area (Å²) in [5.41, 5.74) is 5.86. The summed E-state index contributed by atoms with van der Waals surface area (Å²) in [6, 6.07) is 5.69. The minimum absolute atomic E-state index is 0.211. The molecule has 3 N–H and O–H groups in total. The van der Waals surface area contributed by atoms with E-state index in [9.17, 15) is 4.79 Å². The smallest absolute Gasteiger partial charge is 0.241 e. The van der Waals surface area contributed by atoms with Crippen molar-refractivity contribution in [2.75, 3.05) is 20.8 Å². The average molecular weight is 278 g/mol. The minimum Gasteiger partial charge on any atom is -0.493 e. The molecular formula is C15H22N2O3. The largest absolute Gasteiger partial charge is 0.493 e. The number of methoxy groups -OCH3 is 1. The van der Waals surface area contributed by atoms with Gasteiger partial charge in [0.2, 0.25) is 5.91 Å². The summed E-state index contributed by atoms with van der Waals surface area (Å²) in [5, 5.41) is 3.06. The standard InChI is InChI=1S/C15H22N2O3/c1-10-4-7-12(13(8-10)19-3)20-9-15(17-2,14(16)18)11-5-6-11/h4,7-8,11,17H,5-6,9H2,1-3H3,(H2,16,18). The molecule has 1 amide bonds. The summed E-state index contributed by atoms with van der Waals surface area (Å²) in [6.07, 6.45) is 2.00. The van der Waals surface area contributed by atoms with Crippen LogP contribution in [0.2, 0.25) is 0 Å². The van der Waals surface area contributed by atoms with Crippen LogP contribution in [0.15, 0.2) is 18.2 Å². The lowest BCUT2D eigenvalue weighted by Crippen LogP contribution is -2.59. The summed E-state index contributed by atoms with van der Waals surface area (Å²) < 4.78 is 11.1. The monoisotopic (exact) mass is 278 g/mol. The maximum absolute atomic E-state index is 11.8. The van der Waals surface area contributed by atoms with E-state index in [1.807, 2.05) is 25.1 Å². The first-order valence-corrected chi connectivity index (χ1v) is 6.79. The Labute approximate surface area is 119 Å². The zero-order valence-corrected chi connectivity index (χ0v) is 12.2. The molecule has 110 valence electrons. The first kappa shape index (κ1) is 14.7. The average Bonchev–Trinajstić information content (AvgIpc) is 3.25. The zero-order chi connectivity index (χ0) is 14.8. The van der Waals surface area contributed by atoms with Crippen LogP contribution >= 0.6 is 0 Å². The third kappa shape index (κ3) is 2.72. The lowest BCUT2D eigenvalue weighted by Gasteiger charge is -2.30. The van der Waals surface area contributed by atoms with Crippen molar-refractivity contribution in [1.29, 1.82) is 0 Å². The predicted molar refractivity (Wildman–Crippen MR) is 76.9 cm³/mol. The fourth-order valence-corrected chi connectivity index (χ4v) is 2.45. The van der Waals surface area contributed by atoms with Gasteiger partial charge in [0, 0.05) is 0 Å². The molecule has 0 aromatic heterocycles. The first-order valence-electron chi connectivity index (χ1n) is 6.79. The molecule has 0 radical (unpaired) electrons. The molecule has 20 heavy (non-hydrogen) atoms. The van der Waals surface area contributed by atoms with Gasteiger partial charge in [-0.3, -0.25) is 4.79 Å². The van der Waals surface area contributed by atoms with Gasteiger partial charge in [0.05, 0.1) is 7.11 Å². The third-order valence-corrected chi connectivity index (χ3v) is 3.93. The molecule has 0 saturated heterocycles. The van der Waals surface area contributed by atoms with Crippen molar-refractivity contribution in [1.82, 2.24) is 5.32 Å². The van der Waals surface area contributed by atoms with Crippen molar-refractivity contribution >= 4 is 5.91 Å². The molecule has 1 unspecified atom stereocenters. The number of primary amides is 1. The summed E-state index contributed by atoms with van der Waals surface area (Å²) in [4.78, 5) is 11.8. The molecule has 1 fully saturated rings. The van der Waals surface area contributed by atoms with Gasteiger partial charge < -0.3 is 20.5 Å². The summed E-state index contributed by atoms with van der Waals surface area (Å²) in [6.45, 7) is 2.20. The number of nitrogens with two attached hydrogens (primary N) is 1. The Hall–Kier alpha value is -1.75. The molecule has 0 bridgehead atoms. The van der Waals surface area contributed by atoms with Gasteiger partial charge in [0.15, 0.2) is 11.5 Å². The van der Waals surface area contributed by atoms with E-state index in [0.717, 1.165) is 18.4 Å². The Morgan fingerprint density at radius 1 is 1.45 bits per heavy atom. The number of amides is 1. The predicted octanol–water partition coefficient (Wildman–Crippen LogP) is 1.24. The van der Waals surface area contributed by atoms with E-state index in [4.69, 9.17) is 15.2 Å². The zero-order valence-electron chi connectivity index (χ0n) is 12.2. The highest BCUT2D eigenvalue weighted by atomic mass is 16.5. The number of aryl methyl sites for hydroxylation is 1. The molecule has 1 aliphatic carbocycles. The number of hydrogen-bond donors (Lipinski definition) is 2. The number of hydrogen-bond acceptors (Lipinski definition) is 4. The number of nitrogens with one attached hydrogen (secondary N) is 1. The molecule has 0 aliphatic heterocycles. The maximum Gasteiger partial charge on any atom is 0.241 e. The van der Waals surface area contributed by atoms with E-state index in [-0.39, 0.29) is 18.4 Å². The summed E-state index contributed by atoms with van der Waals surface area (Å²) in [5.74, 6) is 1.17. The maximum atomic E-state index is 11.8. The van der Waals surface area contributed by atoms with E-state index in [1.165, 1.54) is 0 Å². The second kappa shape index (κ2) is 5.71. The normalized spacial score (nSPS) is 17.4. The van der Waals surface area contributed by atoms with Crippen LogP contribution in [0.4, 0.5) is 0 Å². The van der Waals surface area contributed by atoms with Crippen LogP contribution in [0.3, 0.4) is 0 Å². The highest BCUT2D eigenvalue weighted by Gasteiger charge is 2.49. The highest BCUT2D eigenvalue weighted by molar-refractivity contribution is 5.85. The van der Waals surface area contributed by atoms with Crippen molar-refractivity contribution in [3.63, 3.8) is 0 Å². The van der Waals surface area contributed by atoms with E-state index in [0.29, 0.717) is 11.5 Å². The van der Waals surface area contributed by atoms with Crippen molar-refractivity contribution in [2.45, 2.75) is 25.3 Å². The van der Waals surface area contributed by atoms with Gasteiger partial charge in [0.1, 0.15) is 12.1 Å². The second-order valence-corrected chi connectivity index (χ2v) is 5.30. The van der Waals surface area contributed by atoms with Crippen LogP contribution in [-0.4, -0.2) is 32.2 Å². The van der Waals surface area contributed by atoms with Gasteiger partial charge in [-0.2, -0.15) is 0 Å². The van der Waals surface area contributed by atoms with Gasteiger partial charge in [-0.25, -0.2) is 0 Å². The Balaban J connectivity index is 2.15. The third-order valence-electron chi connectivity index (χ3n) is 3.93. The quantitative estimate of drug-likeness (QED) is 0.787. The number of carbonyl (C=O) groups excluding carboxylic acids is 1. The van der Waals surface area contributed by atoms with Crippen molar-refractivity contribution in [3.8, 4) is 11.5 Å². The molecule has 1 aromatic carbocycles. The number of carbonyl (C=O) groups is 1. The number of benzene rings is 1. The minimum atomic E-state index is -0.796. The Morgan fingerprint density at radius 2 is 2.15 bits per heavy atom. The lowest BCUT2D eigenvalue weighted by atomic mass is 9.93. The first-order chi connectivity index (χ1) is 9.53. The number of likely N-dealkylation sites (N-methyl/N-ethyl adjacent to an activating group) is 1. The molecule has 5 nitrogen and oxygen atoms in total. The molecule has 5 heteroatoms. The molecule has 1 aromatic rings. The Morgan fingerprint density at radius 3 is 2.65 bits per heavy atom. The van der Waals surface area contributed by atoms with Crippen LogP contribution in [0.5, 0.6) is 11.5 Å². The highest BCUT2D eigenvalue weighted by Crippen LogP contribution is 2.40. The van der Waals surface area contributed by atoms with Crippen molar-refractivity contribution in [3.05, 3.63) is 23.8 Å². The van der Waals surface area contributed by atoms with Crippen LogP contribution in [0.25, 0.3) is 0 Å². The lowest BCUT2D eigenvalue weighted by molar-refractivity contribution is -0.126. The van der Waals surface area contributed by atoms with Gasteiger partial charge in [-0.15, -0.1) is 0 Å². The molecule has 0 heterocycles. The molecule has 1 atom stereocenters. The van der Waals surface area contributed by atoms with Crippen LogP contribution in [0.1, 0.15) is 18.4 Å². The summed E-state index contributed by atoms with van der Waals surface area (Å²) in [7, 11) is 3.35. The van der Waals surface area contributed by atoms with Crippen LogP contribution in [0, 0.1) is 12.8 Å². The fourth-order valence-electron chi connectivity index (χ4n) is 2.45. The molecule has 2 rings (SSSR count). The molecule has 1 saturated carbocycles. The second-order valence-electron chi connectivity index (χ2n) is 5.30. The number of ether oxygens (including phenoxy) is 2. The Bertz CT molecular complexity index is 500. The van der Waals surface area contributed by atoms with E-state index >= 15 is 0 Å². The SMILES string of the molecule is CNC(COc1ccc(C)cc1OC)(C(N)=O)C1CC1. The number of rotatable bonds is 7. The molecule has 1 aliphatic rings. The molecular weight excluding hydrogens is 256 g/mol. The van der Waals surface area contributed by atoms with Crippen LogP contribution in [-0.2, 0) is 4.79 Å². The summed E-state index contributed by atoms with van der Waals surface area (Å²) >= 11 is 0. The van der Waals surface area contributed by atoms with Gasteiger partial charge in [-0.1, -0.05) is 6.07 Å². The van der Waals surface area contributed by atoms with Crippen LogP contribution < -0.4 is 20.5 Å². The van der Waals surface area contributed by atoms with E-state index < -0.39 is 5.54 Å². The fraction of sp³-hybridized carbons (Fsp3) is 0.533. The van der Waals surface area contributed by atoms with Gasteiger partial charge in [0.25, 0.3) is 0 Å². The van der Waals surface area contributed by atoms with E-state index in [2.05, 4.69) is 5.32 Å². The van der Waals surface area contributed by atoms with Crippen molar-refractivity contribution in [2.24, 2.45) is 11.7 Å².